The maximum absolute atomic E-state index is 13.2. The molecule has 0 aliphatic rings. The van der Waals surface area contributed by atoms with Gasteiger partial charge in [0.05, 0.1) is 35.7 Å². The van der Waals surface area contributed by atoms with E-state index in [1.807, 2.05) is 42.5 Å². The lowest BCUT2D eigenvalue weighted by Gasteiger charge is -2.18. The lowest BCUT2D eigenvalue weighted by Crippen LogP contribution is -2.31. The molecule has 0 aliphatic carbocycles. The predicted octanol–water partition coefficient (Wildman–Crippen LogP) is 4.92. The first kappa shape index (κ1) is 20.2. The summed E-state index contributed by atoms with van der Waals surface area (Å²) in [4.78, 5) is 14.2. The molecule has 2 aromatic heterocycles. The summed E-state index contributed by atoms with van der Waals surface area (Å²) in [7, 11) is 1.53. The molecule has 0 fully saturated rings. The molecule has 1 atom stereocenters. The number of benzene rings is 3. The number of aliphatic hydroxyl groups is 1. The minimum Gasteiger partial charge on any atom is -0.496 e. The van der Waals surface area contributed by atoms with E-state index >= 15 is 0 Å². The van der Waals surface area contributed by atoms with Gasteiger partial charge in [-0.2, -0.15) is 5.10 Å². The van der Waals surface area contributed by atoms with Crippen molar-refractivity contribution in [1.82, 2.24) is 15.5 Å². The first-order valence-electron chi connectivity index (χ1n) is 10.2. The second-order valence-electron chi connectivity index (χ2n) is 7.44. The highest BCUT2D eigenvalue weighted by Gasteiger charge is 2.21. The maximum Gasteiger partial charge on any atom is 0.255 e. The summed E-state index contributed by atoms with van der Waals surface area (Å²) in [6.07, 6.45) is 0. The van der Waals surface area contributed by atoms with Gasteiger partial charge in [-0.05, 0) is 29.1 Å². The zero-order valence-electron chi connectivity index (χ0n) is 17.3. The number of fused-ring (bicyclic) bond motifs is 2. The van der Waals surface area contributed by atoms with Crippen molar-refractivity contribution in [1.29, 1.82) is 0 Å². The number of amides is 1. The van der Waals surface area contributed by atoms with Gasteiger partial charge in [0.2, 0.25) is 0 Å². The van der Waals surface area contributed by atoms with E-state index < -0.39 is 6.04 Å². The van der Waals surface area contributed by atoms with Crippen molar-refractivity contribution in [2.24, 2.45) is 0 Å². The topological polar surface area (TPSA) is 87.2 Å². The number of aromatic amines is 1. The molecule has 0 saturated heterocycles. The molecule has 0 radical (unpaired) electrons. The standard InChI is InChI=1S/C25H21N3O3S/c1-31-21-13-19-17(24(28-27-19)23-11-16-9-5-6-10-22(16)32-23)12-18(21)25(30)26-20(14-29)15-7-3-2-4-8-15/h2-13,20,29H,14H2,1H3,(H,26,30)(H,27,28)/t20-/m1/s1. The Morgan fingerprint density at radius 2 is 1.91 bits per heavy atom. The summed E-state index contributed by atoms with van der Waals surface area (Å²) in [6, 6.07) is 22.7. The highest BCUT2D eigenvalue weighted by molar-refractivity contribution is 7.22. The highest BCUT2D eigenvalue weighted by atomic mass is 32.1. The van der Waals surface area contributed by atoms with Gasteiger partial charge in [-0.25, -0.2) is 0 Å². The molecule has 3 N–H and O–H groups in total. The number of nitrogens with zero attached hydrogens (tertiary/aromatic N) is 1. The van der Waals surface area contributed by atoms with Crippen molar-refractivity contribution in [3.63, 3.8) is 0 Å². The molecule has 160 valence electrons. The van der Waals surface area contributed by atoms with Crippen LogP contribution in [-0.4, -0.2) is 34.9 Å². The first-order valence-corrected chi connectivity index (χ1v) is 11.0. The van der Waals surface area contributed by atoms with Crippen molar-refractivity contribution in [2.75, 3.05) is 13.7 Å². The Morgan fingerprint density at radius 1 is 1.12 bits per heavy atom. The third-order valence-electron chi connectivity index (χ3n) is 5.48. The van der Waals surface area contributed by atoms with E-state index in [2.05, 4.69) is 33.7 Å². The van der Waals surface area contributed by atoms with Crippen LogP contribution in [0.3, 0.4) is 0 Å². The summed E-state index contributed by atoms with van der Waals surface area (Å²) >= 11 is 1.66. The lowest BCUT2D eigenvalue weighted by molar-refractivity contribution is 0.0913. The van der Waals surface area contributed by atoms with Crippen LogP contribution in [0.4, 0.5) is 0 Å². The number of aliphatic hydroxyl groups excluding tert-OH is 1. The monoisotopic (exact) mass is 443 g/mol. The molecule has 3 aromatic carbocycles. The fraction of sp³-hybridized carbons (Fsp3) is 0.120. The second-order valence-corrected chi connectivity index (χ2v) is 8.52. The molecule has 5 rings (SSSR count). The second kappa shape index (κ2) is 8.45. The van der Waals surface area contributed by atoms with Gasteiger partial charge in [0, 0.05) is 16.2 Å². The van der Waals surface area contributed by atoms with Gasteiger partial charge in [0.25, 0.3) is 5.91 Å². The van der Waals surface area contributed by atoms with Crippen molar-refractivity contribution >= 4 is 38.2 Å². The van der Waals surface area contributed by atoms with Crippen molar-refractivity contribution < 1.29 is 14.6 Å². The molecular weight excluding hydrogens is 422 g/mol. The number of carbonyl (C=O) groups excluding carboxylic acids is 1. The minimum absolute atomic E-state index is 0.209. The van der Waals surface area contributed by atoms with Gasteiger partial charge in [-0.1, -0.05) is 48.5 Å². The van der Waals surface area contributed by atoms with Crippen LogP contribution in [0, 0.1) is 0 Å². The minimum atomic E-state index is -0.518. The lowest BCUT2D eigenvalue weighted by atomic mass is 10.0. The van der Waals surface area contributed by atoms with Crippen LogP contribution < -0.4 is 10.1 Å². The summed E-state index contributed by atoms with van der Waals surface area (Å²) in [5.41, 5.74) is 2.79. The molecule has 0 aliphatic heterocycles. The van der Waals surface area contributed by atoms with Crippen LogP contribution in [-0.2, 0) is 0 Å². The fourth-order valence-corrected chi connectivity index (χ4v) is 4.90. The largest absolute Gasteiger partial charge is 0.496 e. The van der Waals surface area contributed by atoms with Gasteiger partial charge in [0.1, 0.15) is 11.4 Å². The van der Waals surface area contributed by atoms with Crippen LogP contribution in [0.15, 0.2) is 72.8 Å². The maximum atomic E-state index is 13.2. The average Bonchev–Trinajstić information content (AvgIpc) is 3.45. The molecule has 6 nitrogen and oxygen atoms in total. The molecular formula is C25H21N3O3S. The zero-order valence-corrected chi connectivity index (χ0v) is 18.1. The van der Waals surface area contributed by atoms with Crippen LogP contribution in [0.25, 0.3) is 31.6 Å². The van der Waals surface area contributed by atoms with Crippen molar-refractivity contribution in [3.8, 4) is 16.3 Å². The average molecular weight is 444 g/mol. The number of methoxy groups -OCH3 is 1. The quantitative estimate of drug-likeness (QED) is 0.348. The molecule has 0 unspecified atom stereocenters. The number of rotatable bonds is 6. The zero-order chi connectivity index (χ0) is 22.1. The number of aromatic nitrogens is 2. The SMILES string of the molecule is COc1cc2[nH]nc(-c3cc4ccccc4s3)c2cc1C(=O)N[C@H](CO)c1ccccc1. The molecule has 32 heavy (non-hydrogen) atoms. The number of ether oxygens (including phenoxy) is 1. The number of carbonyl (C=O) groups is 1. The van der Waals surface area contributed by atoms with E-state index in [-0.39, 0.29) is 12.5 Å². The van der Waals surface area contributed by atoms with E-state index in [0.29, 0.717) is 11.3 Å². The molecule has 1 amide bonds. The van der Waals surface area contributed by atoms with Crippen LogP contribution in [0.1, 0.15) is 22.0 Å². The highest BCUT2D eigenvalue weighted by Crippen LogP contribution is 2.37. The van der Waals surface area contributed by atoms with Crippen LogP contribution in [0.5, 0.6) is 5.75 Å². The molecule has 7 heteroatoms. The van der Waals surface area contributed by atoms with E-state index in [4.69, 9.17) is 4.74 Å². The number of hydrogen-bond acceptors (Lipinski definition) is 5. The summed E-state index contributed by atoms with van der Waals surface area (Å²) < 4.78 is 6.67. The smallest absolute Gasteiger partial charge is 0.255 e. The van der Waals surface area contributed by atoms with Crippen LogP contribution in [0.2, 0.25) is 0 Å². The summed E-state index contributed by atoms with van der Waals surface area (Å²) in [5, 5.41) is 22.3. The molecule has 0 bridgehead atoms. The van der Waals surface area contributed by atoms with E-state index in [1.54, 1.807) is 23.5 Å². The summed E-state index contributed by atoms with van der Waals surface area (Å²) in [5.74, 6) is 0.112. The Hall–Kier alpha value is -3.68. The first-order chi connectivity index (χ1) is 15.7. The molecule has 0 saturated carbocycles. The third-order valence-corrected chi connectivity index (χ3v) is 6.60. The Balaban J connectivity index is 1.55. The van der Waals surface area contributed by atoms with Gasteiger partial charge in [-0.3, -0.25) is 9.89 Å². The number of nitrogens with one attached hydrogen (secondary N) is 2. The molecule has 5 aromatic rings. The van der Waals surface area contributed by atoms with Gasteiger partial charge < -0.3 is 15.2 Å². The number of thiophene rings is 1. The Kier molecular flexibility index (Phi) is 5.34. The van der Waals surface area contributed by atoms with Crippen LogP contribution >= 0.6 is 11.3 Å². The molecule has 2 heterocycles. The number of hydrogen-bond donors (Lipinski definition) is 3. The Labute approximate surface area is 188 Å². The summed E-state index contributed by atoms with van der Waals surface area (Å²) in [6.45, 7) is -0.209. The van der Waals surface area contributed by atoms with E-state index in [1.165, 1.54) is 11.8 Å². The van der Waals surface area contributed by atoms with Crippen molar-refractivity contribution in [2.45, 2.75) is 6.04 Å². The van der Waals surface area contributed by atoms with Gasteiger partial charge >= 0.3 is 0 Å². The van der Waals surface area contributed by atoms with E-state index in [9.17, 15) is 9.90 Å². The fourth-order valence-electron chi connectivity index (χ4n) is 3.83. The van der Waals surface area contributed by atoms with Gasteiger partial charge in [0.15, 0.2) is 0 Å². The van der Waals surface area contributed by atoms with E-state index in [0.717, 1.165) is 32.4 Å². The third kappa shape index (κ3) is 3.62. The predicted molar refractivity (Wildman–Crippen MR) is 127 cm³/mol. The van der Waals surface area contributed by atoms with Crippen molar-refractivity contribution in [3.05, 3.63) is 83.9 Å². The Bertz CT molecular complexity index is 1380. The number of H-pyrrole nitrogens is 1. The Morgan fingerprint density at radius 3 is 2.66 bits per heavy atom. The normalized spacial score (nSPS) is 12.2. The van der Waals surface area contributed by atoms with Gasteiger partial charge in [-0.15, -0.1) is 11.3 Å². The molecule has 0 spiro atoms.